The summed E-state index contributed by atoms with van der Waals surface area (Å²) in [4.78, 5) is 0. The van der Waals surface area contributed by atoms with Crippen LogP contribution < -0.4 is 0 Å². The lowest BCUT2D eigenvalue weighted by molar-refractivity contribution is -0.192. The summed E-state index contributed by atoms with van der Waals surface area (Å²) in [6, 6.07) is 0.276. The van der Waals surface area contributed by atoms with Gasteiger partial charge in [-0.15, -0.1) is 16.9 Å². The molecule has 25 heavy (non-hydrogen) atoms. The largest absolute Gasteiger partial charge is 0.388 e. The number of aromatic nitrogens is 3. The number of thioether (sulfide) groups is 1. The quantitative estimate of drug-likeness (QED) is 0.446. The Hall–Kier alpha value is -0.970. The zero-order valence-electron chi connectivity index (χ0n) is 14.7. The minimum Gasteiger partial charge on any atom is -0.388 e. The van der Waals surface area contributed by atoms with Gasteiger partial charge in [-0.1, -0.05) is 17.4 Å². The molecular formula is C16H27N3O5S. The Bertz CT molecular complexity index is 554. The second kappa shape index (κ2) is 9.65. The van der Waals surface area contributed by atoms with Crippen LogP contribution in [0.3, 0.4) is 0 Å². The van der Waals surface area contributed by atoms with Crippen molar-refractivity contribution in [3.05, 3.63) is 24.0 Å². The molecule has 0 aliphatic carbocycles. The van der Waals surface area contributed by atoms with Crippen LogP contribution in [0, 0.1) is 0 Å². The molecule has 142 valence electrons. The third kappa shape index (κ3) is 5.77. The van der Waals surface area contributed by atoms with Crippen LogP contribution in [0.4, 0.5) is 0 Å². The fraction of sp³-hybridized carbons (Fsp3) is 0.750. The Labute approximate surface area is 151 Å². The molecule has 9 heteroatoms. The van der Waals surface area contributed by atoms with Gasteiger partial charge in [-0.05, 0) is 20.8 Å². The first kappa shape index (κ1) is 20.3. The number of hydrogen-bond acceptors (Lipinski definition) is 8. The molecule has 1 fully saturated rings. The minimum absolute atomic E-state index is 0.276. The van der Waals surface area contributed by atoms with Crippen molar-refractivity contribution in [1.82, 2.24) is 15.0 Å². The molecule has 5 atom stereocenters. The van der Waals surface area contributed by atoms with Crippen molar-refractivity contribution in [3.8, 4) is 0 Å². The zero-order chi connectivity index (χ0) is 18.4. The van der Waals surface area contributed by atoms with Crippen LogP contribution in [-0.4, -0.2) is 72.5 Å². The molecule has 8 nitrogen and oxygen atoms in total. The second-order valence-electron chi connectivity index (χ2n) is 6.28. The highest BCUT2D eigenvalue weighted by molar-refractivity contribution is 7.99. The van der Waals surface area contributed by atoms with Gasteiger partial charge in [-0.3, -0.25) is 0 Å². The van der Waals surface area contributed by atoms with Gasteiger partial charge in [-0.2, -0.15) is 0 Å². The summed E-state index contributed by atoms with van der Waals surface area (Å²) in [5.74, 6) is 0.601. The maximum absolute atomic E-state index is 9.91. The molecule has 0 spiro atoms. The number of nitrogens with zero attached hydrogens (tertiary/aromatic N) is 3. The van der Waals surface area contributed by atoms with Crippen LogP contribution in [0.15, 0.2) is 18.3 Å². The molecule has 1 aromatic rings. The van der Waals surface area contributed by atoms with Gasteiger partial charge in [0.25, 0.3) is 0 Å². The fourth-order valence-corrected chi connectivity index (χ4v) is 3.35. The number of aliphatic hydroxyl groups is 3. The molecule has 1 aromatic heterocycles. The van der Waals surface area contributed by atoms with Gasteiger partial charge >= 0.3 is 0 Å². The number of rotatable bonds is 8. The molecule has 2 unspecified atom stereocenters. The third-order valence-electron chi connectivity index (χ3n) is 3.88. The Kier molecular flexibility index (Phi) is 7.85. The monoisotopic (exact) mass is 373 g/mol. The van der Waals surface area contributed by atoms with Crippen LogP contribution in [0.25, 0.3) is 0 Å². The summed E-state index contributed by atoms with van der Waals surface area (Å²) in [7, 11) is 0. The molecule has 3 N–H and O–H groups in total. The first-order valence-corrected chi connectivity index (χ1v) is 9.39. The van der Waals surface area contributed by atoms with Crippen molar-refractivity contribution in [3.63, 3.8) is 0 Å². The minimum atomic E-state index is -1.19. The van der Waals surface area contributed by atoms with E-state index in [-0.39, 0.29) is 6.04 Å². The molecule has 0 amide bonds. The molecule has 1 aliphatic heterocycles. The van der Waals surface area contributed by atoms with Gasteiger partial charge in [0.05, 0.1) is 25.5 Å². The van der Waals surface area contributed by atoms with E-state index in [1.54, 1.807) is 11.6 Å². The molecule has 2 heterocycles. The Balaban J connectivity index is 1.63. The zero-order valence-corrected chi connectivity index (χ0v) is 15.5. The van der Waals surface area contributed by atoms with Gasteiger partial charge in [0.15, 0.2) is 0 Å². The van der Waals surface area contributed by atoms with Gasteiger partial charge in [0.1, 0.15) is 29.4 Å². The average molecular weight is 373 g/mol. The topological polar surface area (TPSA) is 110 Å². The fourth-order valence-electron chi connectivity index (χ4n) is 2.30. The first-order chi connectivity index (χ1) is 11.9. The molecule has 0 radical (unpaired) electrons. The normalized spacial score (nSPS) is 30.4. The van der Waals surface area contributed by atoms with E-state index in [0.29, 0.717) is 19.0 Å². The van der Waals surface area contributed by atoms with Crippen molar-refractivity contribution < 1.29 is 24.8 Å². The van der Waals surface area contributed by atoms with E-state index in [1.165, 1.54) is 11.8 Å². The number of ether oxygens (including phenoxy) is 2. The average Bonchev–Trinajstić information content (AvgIpc) is 3.05. The summed E-state index contributed by atoms with van der Waals surface area (Å²) in [5, 5.41) is 37.4. The van der Waals surface area contributed by atoms with E-state index in [1.807, 2.05) is 32.2 Å². The van der Waals surface area contributed by atoms with Crippen molar-refractivity contribution in [2.24, 2.45) is 0 Å². The van der Waals surface area contributed by atoms with Crippen molar-refractivity contribution in [2.75, 3.05) is 12.4 Å². The van der Waals surface area contributed by atoms with E-state index < -0.39 is 29.9 Å². The van der Waals surface area contributed by atoms with Gasteiger partial charge in [0.2, 0.25) is 0 Å². The second-order valence-corrected chi connectivity index (χ2v) is 7.42. The summed E-state index contributed by atoms with van der Waals surface area (Å²) in [6.07, 6.45) is 1.79. The molecule has 0 saturated carbocycles. The molecule has 1 saturated heterocycles. The highest BCUT2D eigenvalue weighted by Gasteiger charge is 2.41. The molecular weight excluding hydrogens is 346 g/mol. The standard InChI is InChI=1S/C16H27N3O5S/c1-10(2)19-8-12(17-18-19)9-23-6-4-5-7-25-16-15(22)14(21)13(20)11(3)24-16/h4-5,8,10-11,13-16,20-22H,6-7,9H2,1-3H3/b5-4+/t11?,13-,14+,15?,16+/m1/s1. The summed E-state index contributed by atoms with van der Waals surface area (Å²) >= 11 is 1.36. The lowest BCUT2D eigenvalue weighted by Crippen LogP contribution is -2.55. The Morgan fingerprint density at radius 1 is 1.28 bits per heavy atom. The SMILES string of the molecule is CC1O[C@@H](SC/C=C/COCc2cn(C(C)C)nn2)C(O)[C@@H](O)[C@@H]1O. The van der Waals surface area contributed by atoms with Crippen molar-refractivity contribution in [1.29, 1.82) is 0 Å². The predicted molar refractivity (Wildman–Crippen MR) is 94.0 cm³/mol. The maximum Gasteiger partial charge on any atom is 0.132 e. The van der Waals surface area contributed by atoms with Crippen molar-refractivity contribution >= 4 is 11.8 Å². The number of aliphatic hydroxyl groups excluding tert-OH is 3. The van der Waals surface area contributed by atoms with E-state index in [2.05, 4.69) is 10.3 Å². The van der Waals surface area contributed by atoms with Gasteiger partial charge < -0.3 is 24.8 Å². The molecule has 0 aromatic carbocycles. The van der Waals surface area contributed by atoms with E-state index >= 15 is 0 Å². The smallest absolute Gasteiger partial charge is 0.132 e. The van der Waals surface area contributed by atoms with Gasteiger partial charge in [-0.25, -0.2) is 4.68 Å². The van der Waals surface area contributed by atoms with Gasteiger partial charge in [0, 0.05) is 11.8 Å². The maximum atomic E-state index is 9.91. The number of hydrogen-bond donors (Lipinski definition) is 3. The Morgan fingerprint density at radius 2 is 2.04 bits per heavy atom. The van der Waals surface area contributed by atoms with Crippen LogP contribution >= 0.6 is 11.8 Å². The molecule has 0 bridgehead atoms. The lowest BCUT2D eigenvalue weighted by Gasteiger charge is -2.38. The van der Waals surface area contributed by atoms with Crippen LogP contribution in [0.5, 0.6) is 0 Å². The summed E-state index contributed by atoms with van der Waals surface area (Å²) in [6.45, 7) is 6.59. The molecule has 2 rings (SSSR count). The van der Waals surface area contributed by atoms with E-state index in [0.717, 1.165) is 5.69 Å². The predicted octanol–water partition coefficient (Wildman–Crippen LogP) is 0.492. The highest BCUT2D eigenvalue weighted by Crippen LogP contribution is 2.28. The third-order valence-corrected chi connectivity index (χ3v) is 4.99. The van der Waals surface area contributed by atoms with E-state index in [4.69, 9.17) is 9.47 Å². The van der Waals surface area contributed by atoms with Crippen LogP contribution in [0.1, 0.15) is 32.5 Å². The van der Waals surface area contributed by atoms with E-state index in [9.17, 15) is 15.3 Å². The summed E-state index contributed by atoms with van der Waals surface area (Å²) in [5.41, 5.74) is 0.224. The highest BCUT2D eigenvalue weighted by atomic mass is 32.2. The van der Waals surface area contributed by atoms with Crippen molar-refractivity contribution in [2.45, 2.75) is 63.3 Å². The molecule has 1 aliphatic rings. The lowest BCUT2D eigenvalue weighted by atomic mass is 10.0. The first-order valence-electron chi connectivity index (χ1n) is 8.35. The Morgan fingerprint density at radius 3 is 2.72 bits per heavy atom. The summed E-state index contributed by atoms with van der Waals surface area (Å²) < 4.78 is 12.8. The van der Waals surface area contributed by atoms with Crippen LogP contribution in [-0.2, 0) is 16.1 Å². The van der Waals surface area contributed by atoms with Crippen LogP contribution in [0.2, 0.25) is 0 Å².